The molecule has 3 aromatic carbocycles. The summed E-state index contributed by atoms with van der Waals surface area (Å²) in [4.78, 5) is 15.7. The molecule has 1 heterocycles. The second-order valence-corrected chi connectivity index (χ2v) is 8.16. The summed E-state index contributed by atoms with van der Waals surface area (Å²) in [7, 11) is 0. The number of phenolic OH excluding ortho intramolecular Hbond substituents is 1. The Morgan fingerprint density at radius 2 is 1.70 bits per heavy atom. The van der Waals surface area contributed by atoms with E-state index in [4.69, 9.17) is 11.6 Å². The van der Waals surface area contributed by atoms with Gasteiger partial charge in [-0.05, 0) is 42.5 Å². The Morgan fingerprint density at radius 3 is 2.39 bits per heavy atom. The molecule has 4 N–H and O–H groups in total. The smallest absolute Gasteiger partial charge is 0.416 e. The number of hydrogen-bond donors (Lipinski definition) is 4. The van der Waals surface area contributed by atoms with Crippen LogP contribution in [0.25, 0.3) is 33.2 Å². The van der Waals surface area contributed by atoms with Gasteiger partial charge in [0.25, 0.3) is 16.8 Å². The molecule has 33 heavy (non-hydrogen) atoms. The van der Waals surface area contributed by atoms with Crippen LogP contribution in [0.5, 0.6) is 5.75 Å². The van der Waals surface area contributed by atoms with E-state index in [0.717, 1.165) is 18.2 Å². The van der Waals surface area contributed by atoms with Crippen LogP contribution < -0.4 is 10.3 Å². The van der Waals surface area contributed by atoms with Crippen molar-refractivity contribution in [3.05, 3.63) is 81.6 Å². The maximum absolute atomic E-state index is 13.5. The van der Waals surface area contributed by atoms with Gasteiger partial charge >= 0.3 is 6.18 Å². The molecule has 1 unspecified atom stereocenters. The number of pyridine rings is 1. The number of phenols is 1. The molecule has 0 bridgehead atoms. The zero-order chi connectivity index (χ0) is 23.9. The van der Waals surface area contributed by atoms with Crippen LogP contribution in [0, 0.1) is 0 Å². The molecular formula is C22H14ClF3N2O4S. The average molecular weight is 495 g/mol. The first kappa shape index (κ1) is 22.8. The summed E-state index contributed by atoms with van der Waals surface area (Å²) in [5, 5.41) is 10.7. The van der Waals surface area contributed by atoms with Gasteiger partial charge in [0.1, 0.15) is 5.75 Å². The van der Waals surface area contributed by atoms with Gasteiger partial charge in [0.2, 0.25) is 0 Å². The minimum atomic E-state index is -4.66. The number of para-hydroxylation sites is 1. The van der Waals surface area contributed by atoms with Crippen molar-refractivity contribution in [2.45, 2.75) is 6.18 Å². The van der Waals surface area contributed by atoms with Gasteiger partial charge in [-0.15, -0.1) is 0 Å². The van der Waals surface area contributed by atoms with E-state index in [9.17, 15) is 31.8 Å². The highest BCUT2D eigenvalue weighted by Gasteiger charge is 2.31. The number of halogens is 4. The SMILES string of the molecule is O=c1[nH]c2ccc(C(F)(F)F)cc2c(-c2cc(Cl)ccc2O)c1-c1ccccc1NS(=O)O. The van der Waals surface area contributed by atoms with Crippen molar-refractivity contribution in [2.24, 2.45) is 0 Å². The number of fused-ring (bicyclic) bond motifs is 1. The third kappa shape index (κ3) is 4.45. The van der Waals surface area contributed by atoms with Gasteiger partial charge in [-0.25, -0.2) is 4.21 Å². The van der Waals surface area contributed by atoms with Gasteiger partial charge in [-0.2, -0.15) is 13.2 Å². The minimum absolute atomic E-state index is 0.00286. The van der Waals surface area contributed by atoms with Crippen molar-refractivity contribution >= 4 is 39.5 Å². The lowest BCUT2D eigenvalue weighted by atomic mass is 9.90. The molecule has 11 heteroatoms. The van der Waals surface area contributed by atoms with Crippen molar-refractivity contribution in [2.75, 3.05) is 4.72 Å². The highest BCUT2D eigenvalue weighted by Crippen LogP contribution is 2.43. The Bertz CT molecular complexity index is 1470. The molecule has 0 aliphatic heterocycles. The molecule has 1 aromatic heterocycles. The fourth-order valence-electron chi connectivity index (χ4n) is 3.60. The maximum Gasteiger partial charge on any atom is 0.416 e. The van der Waals surface area contributed by atoms with Crippen LogP contribution in [0.15, 0.2) is 65.5 Å². The molecule has 0 aliphatic rings. The molecule has 0 spiro atoms. The highest BCUT2D eigenvalue weighted by atomic mass is 35.5. The Labute approximate surface area is 192 Å². The van der Waals surface area contributed by atoms with Crippen LogP contribution in [-0.2, 0) is 17.4 Å². The topological polar surface area (TPSA) is 102 Å². The molecular weight excluding hydrogens is 481 g/mol. The van der Waals surface area contributed by atoms with Gasteiger partial charge < -0.3 is 10.1 Å². The van der Waals surface area contributed by atoms with Crippen LogP contribution in [0.1, 0.15) is 5.56 Å². The summed E-state index contributed by atoms with van der Waals surface area (Å²) < 4.78 is 63.5. The number of aromatic amines is 1. The number of nitrogens with one attached hydrogen (secondary N) is 2. The summed E-state index contributed by atoms with van der Waals surface area (Å²) in [6, 6.07) is 12.8. The summed E-state index contributed by atoms with van der Waals surface area (Å²) in [5.74, 6) is -0.318. The third-order valence-electron chi connectivity index (χ3n) is 4.96. The molecule has 0 aliphatic carbocycles. The minimum Gasteiger partial charge on any atom is -0.507 e. The number of H-pyrrole nitrogens is 1. The average Bonchev–Trinajstić information content (AvgIpc) is 2.74. The Morgan fingerprint density at radius 1 is 0.970 bits per heavy atom. The number of aromatic hydroxyl groups is 1. The van der Waals surface area contributed by atoms with Crippen LogP contribution >= 0.6 is 11.6 Å². The maximum atomic E-state index is 13.5. The molecule has 4 rings (SSSR count). The summed E-state index contributed by atoms with van der Waals surface area (Å²) in [6.07, 6.45) is -4.66. The summed E-state index contributed by atoms with van der Waals surface area (Å²) in [6.45, 7) is 0. The van der Waals surface area contributed by atoms with E-state index < -0.39 is 28.6 Å². The van der Waals surface area contributed by atoms with Gasteiger partial charge in [0.05, 0.1) is 16.8 Å². The monoisotopic (exact) mass is 494 g/mol. The standard InChI is InChI=1S/C22H14ClF3N2O4S/c23-12-6-8-18(29)15(10-12)19-14-9-11(22(24,25)26)5-7-16(14)27-21(30)20(19)13-3-1-2-4-17(13)28-33(31)32/h1-10,28-29H,(H,27,30)(H,31,32). The van der Waals surface area contributed by atoms with Crippen molar-refractivity contribution in [1.82, 2.24) is 4.98 Å². The lowest BCUT2D eigenvalue weighted by molar-refractivity contribution is -0.137. The number of benzene rings is 3. The van der Waals surface area contributed by atoms with E-state index in [2.05, 4.69) is 9.71 Å². The first-order valence-corrected chi connectivity index (χ1v) is 10.8. The van der Waals surface area contributed by atoms with Crippen LogP contribution in [0.2, 0.25) is 5.02 Å². The molecule has 6 nitrogen and oxygen atoms in total. The van der Waals surface area contributed by atoms with E-state index in [-0.39, 0.29) is 49.6 Å². The molecule has 0 saturated heterocycles. The van der Waals surface area contributed by atoms with Gasteiger partial charge in [0.15, 0.2) is 0 Å². The highest BCUT2D eigenvalue weighted by molar-refractivity contribution is 7.80. The molecule has 1 atom stereocenters. The van der Waals surface area contributed by atoms with Crippen LogP contribution in [0.3, 0.4) is 0 Å². The molecule has 0 saturated carbocycles. The number of anilines is 1. The van der Waals surface area contributed by atoms with Crippen LogP contribution in [0.4, 0.5) is 18.9 Å². The van der Waals surface area contributed by atoms with Gasteiger partial charge in [0, 0.05) is 32.6 Å². The first-order valence-electron chi connectivity index (χ1n) is 9.29. The predicted octanol–water partition coefficient (Wildman–Crippen LogP) is 5.79. The molecule has 0 fully saturated rings. The van der Waals surface area contributed by atoms with E-state index in [1.54, 1.807) is 12.1 Å². The van der Waals surface area contributed by atoms with Gasteiger partial charge in [-0.3, -0.25) is 14.1 Å². The first-order chi connectivity index (χ1) is 15.6. The summed E-state index contributed by atoms with van der Waals surface area (Å²) in [5.41, 5.74) is -1.44. The zero-order valence-electron chi connectivity index (χ0n) is 16.4. The molecule has 0 amide bonds. The second kappa shape index (κ2) is 8.54. The van der Waals surface area contributed by atoms with E-state index in [1.807, 2.05) is 0 Å². The second-order valence-electron chi connectivity index (χ2n) is 7.02. The Kier molecular flexibility index (Phi) is 5.91. The Balaban J connectivity index is 2.20. The van der Waals surface area contributed by atoms with E-state index >= 15 is 0 Å². The number of hydrogen-bond acceptors (Lipinski definition) is 3. The van der Waals surface area contributed by atoms with E-state index in [1.165, 1.54) is 30.3 Å². The van der Waals surface area contributed by atoms with E-state index in [0.29, 0.717) is 0 Å². The fourth-order valence-corrected chi connectivity index (χ4v) is 4.14. The normalized spacial score (nSPS) is 12.6. The third-order valence-corrected chi connectivity index (χ3v) is 5.59. The van der Waals surface area contributed by atoms with Crippen LogP contribution in [-0.4, -0.2) is 18.9 Å². The van der Waals surface area contributed by atoms with Crippen molar-refractivity contribution in [3.63, 3.8) is 0 Å². The largest absolute Gasteiger partial charge is 0.507 e. The fraction of sp³-hybridized carbons (Fsp3) is 0.0455. The number of rotatable bonds is 4. The van der Waals surface area contributed by atoms with Crippen molar-refractivity contribution in [1.29, 1.82) is 0 Å². The quantitative estimate of drug-likeness (QED) is 0.270. The molecule has 0 radical (unpaired) electrons. The number of alkyl halides is 3. The summed E-state index contributed by atoms with van der Waals surface area (Å²) >= 11 is 3.61. The zero-order valence-corrected chi connectivity index (χ0v) is 18.0. The molecule has 4 aromatic rings. The predicted molar refractivity (Wildman–Crippen MR) is 122 cm³/mol. The number of aromatic nitrogens is 1. The lowest BCUT2D eigenvalue weighted by Crippen LogP contribution is -2.14. The van der Waals surface area contributed by atoms with Gasteiger partial charge in [-0.1, -0.05) is 29.8 Å². The van der Waals surface area contributed by atoms with Crippen molar-refractivity contribution < 1.29 is 27.0 Å². The Hall–Kier alpha value is -3.34. The lowest BCUT2D eigenvalue weighted by Gasteiger charge is -2.18. The molecule has 170 valence electrons. The van der Waals surface area contributed by atoms with Crippen molar-refractivity contribution in [3.8, 4) is 28.0 Å².